The van der Waals surface area contributed by atoms with Crippen LogP contribution < -0.4 is 0 Å². The summed E-state index contributed by atoms with van der Waals surface area (Å²) < 4.78 is 0. The van der Waals surface area contributed by atoms with Crippen molar-refractivity contribution in [3.8, 4) is 6.07 Å². The van der Waals surface area contributed by atoms with Crippen LogP contribution in [0.5, 0.6) is 0 Å². The molecule has 0 aliphatic heterocycles. The first-order valence-corrected chi connectivity index (χ1v) is 3.95. The molecule has 0 saturated carbocycles. The van der Waals surface area contributed by atoms with Crippen molar-refractivity contribution in [1.82, 2.24) is 0 Å². The zero-order valence-corrected chi connectivity index (χ0v) is 7.23. The molecule has 0 saturated heterocycles. The van der Waals surface area contributed by atoms with E-state index in [1.54, 1.807) is 6.07 Å². The lowest BCUT2D eigenvalue weighted by Gasteiger charge is -2.01. The Morgan fingerprint density at radius 1 is 1.55 bits per heavy atom. The molecule has 0 bridgehead atoms. The van der Waals surface area contributed by atoms with Gasteiger partial charge in [-0.1, -0.05) is 19.1 Å². The fraction of sp³-hybridized carbons (Fsp3) is 0.222. The van der Waals surface area contributed by atoms with Crippen molar-refractivity contribution >= 4 is 12.6 Å². The van der Waals surface area contributed by atoms with Crippen molar-refractivity contribution < 1.29 is 0 Å². The average Bonchev–Trinajstić information content (AvgIpc) is 2.05. The van der Waals surface area contributed by atoms with E-state index in [4.69, 9.17) is 5.26 Å². The summed E-state index contributed by atoms with van der Waals surface area (Å²) in [5.74, 6) is 0. The number of benzene rings is 1. The van der Waals surface area contributed by atoms with Crippen LogP contribution in [-0.2, 0) is 6.42 Å². The van der Waals surface area contributed by atoms with Gasteiger partial charge in [0, 0.05) is 4.90 Å². The van der Waals surface area contributed by atoms with Gasteiger partial charge in [-0.15, -0.1) is 12.6 Å². The number of rotatable bonds is 1. The van der Waals surface area contributed by atoms with Gasteiger partial charge in [0.15, 0.2) is 0 Å². The van der Waals surface area contributed by atoms with Crippen molar-refractivity contribution in [2.24, 2.45) is 0 Å². The molecule has 2 heteroatoms. The molecule has 0 radical (unpaired) electrons. The first-order valence-electron chi connectivity index (χ1n) is 3.50. The molecule has 1 nitrogen and oxygen atoms in total. The molecule has 0 fully saturated rings. The third kappa shape index (κ3) is 1.55. The highest BCUT2D eigenvalue weighted by molar-refractivity contribution is 7.80. The van der Waals surface area contributed by atoms with Gasteiger partial charge in [-0.05, 0) is 18.1 Å². The van der Waals surface area contributed by atoms with Crippen LogP contribution in [0.15, 0.2) is 23.1 Å². The number of nitrogens with zero attached hydrogens (tertiary/aromatic N) is 1. The fourth-order valence-electron chi connectivity index (χ4n) is 0.967. The molecule has 1 aromatic rings. The highest BCUT2D eigenvalue weighted by atomic mass is 32.1. The van der Waals surface area contributed by atoms with E-state index in [1.165, 1.54) is 0 Å². The summed E-state index contributed by atoms with van der Waals surface area (Å²) in [6.07, 6.45) is 0.925. The molecule has 0 aromatic heterocycles. The van der Waals surface area contributed by atoms with E-state index in [9.17, 15) is 0 Å². The van der Waals surface area contributed by atoms with E-state index < -0.39 is 0 Å². The highest BCUT2D eigenvalue weighted by Gasteiger charge is 2.00. The smallest absolute Gasteiger partial charge is 0.100 e. The van der Waals surface area contributed by atoms with Crippen molar-refractivity contribution in [3.63, 3.8) is 0 Å². The van der Waals surface area contributed by atoms with Crippen molar-refractivity contribution in [2.45, 2.75) is 18.2 Å². The number of aryl methyl sites for hydroxylation is 1. The van der Waals surface area contributed by atoms with Crippen LogP contribution in [0, 0.1) is 11.3 Å². The van der Waals surface area contributed by atoms with E-state index in [2.05, 4.69) is 25.6 Å². The Labute approximate surface area is 72.1 Å². The van der Waals surface area contributed by atoms with E-state index in [1.807, 2.05) is 12.1 Å². The molecule has 0 aliphatic rings. The maximum absolute atomic E-state index is 8.64. The zero-order valence-electron chi connectivity index (χ0n) is 6.33. The maximum atomic E-state index is 8.64. The Morgan fingerprint density at radius 3 is 2.82 bits per heavy atom. The molecule has 0 unspecified atom stereocenters. The first-order chi connectivity index (χ1) is 5.29. The quantitative estimate of drug-likeness (QED) is 0.631. The summed E-state index contributed by atoms with van der Waals surface area (Å²) in [6.45, 7) is 2.05. The summed E-state index contributed by atoms with van der Waals surface area (Å²) in [6, 6.07) is 7.75. The number of nitriles is 1. The lowest BCUT2D eigenvalue weighted by Crippen LogP contribution is -1.85. The summed E-state index contributed by atoms with van der Waals surface area (Å²) in [5, 5.41) is 8.64. The lowest BCUT2D eigenvalue weighted by molar-refractivity contribution is 1.08. The maximum Gasteiger partial charge on any atom is 0.100 e. The standard InChI is InChI=1S/C9H9NS/c1-2-7-4-3-5-8(6-10)9(7)11/h3-5,11H,2H2,1H3. The number of hydrogen-bond donors (Lipinski definition) is 1. The normalized spacial score (nSPS) is 9.18. The van der Waals surface area contributed by atoms with Crippen LogP contribution in [-0.4, -0.2) is 0 Å². The van der Waals surface area contributed by atoms with Crippen molar-refractivity contribution in [2.75, 3.05) is 0 Å². The number of thiol groups is 1. The molecular formula is C9H9NS. The van der Waals surface area contributed by atoms with Crippen molar-refractivity contribution in [3.05, 3.63) is 29.3 Å². The third-order valence-electron chi connectivity index (χ3n) is 1.62. The Hall–Kier alpha value is -0.940. The first kappa shape index (κ1) is 8.16. The minimum atomic E-state index is 0.660. The summed E-state index contributed by atoms with van der Waals surface area (Å²) in [5.41, 5.74) is 1.79. The van der Waals surface area contributed by atoms with Crippen LogP contribution >= 0.6 is 12.6 Å². The number of hydrogen-bond acceptors (Lipinski definition) is 2. The lowest BCUT2D eigenvalue weighted by atomic mass is 10.1. The molecule has 0 atom stereocenters. The van der Waals surface area contributed by atoms with E-state index in [0.717, 1.165) is 16.9 Å². The van der Waals surface area contributed by atoms with E-state index >= 15 is 0 Å². The topological polar surface area (TPSA) is 23.8 Å². The van der Waals surface area contributed by atoms with Gasteiger partial charge in [0.05, 0.1) is 5.56 Å². The van der Waals surface area contributed by atoms with E-state index in [0.29, 0.717) is 5.56 Å². The van der Waals surface area contributed by atoms with Gasteiger partial charge < -0.3 is 0 Å². The van der Waals surface area contributed by atoms with Gasteiger partial charge in [-0.25, -0.2) is 0 Å². The van der Waals surface area contributed by atoms with Crippen LogP contribution in [0.2, 0.25) is 0 Å². The van der Waals surface area contributed by atoms with Gasteiger partial charge in [-0.2, -0.15) is 5.26 Å². The van der Waals surface area contributed by atoms with Crippen LogP contribution in [0.4, 0.5) is 0 Å². The average molecular weight is 163 g/mol. The van der Waals surface area contributed by atoms with E-state index in [-0.39, 0.29) is 0 Å². The van der Waals surface area contributed by atoms with Crippen LogP contribution in [0.25, 0.3) is 0 Å². The predicted molar refractivity (Wildman–Crippen MR) is 47.8 cm³/mol. The van der Waals surface area contributed by atoms with Gasteiger partial charge in [0.1, 0.15) is 6.07 Å². The second kappa shape index (κ2) is 3.45. The molecule has 1 aromatic carbocycles. The molecule has 0 spiro atoms. The molecule has 11 heavy (non-hydrogen) atoms. The highest BCUT2D eigenvalue weighted by Crippen LogP contribution is 2.18. The van der Waals surface area contributed by atoms with Crippen LogP contribution in [0.1, 0.15) is 18.1 Å². The second-order valence-corrected chi connectivity index (χ2v) is 2.73. The molecule has 0 N–H and O–H groups in total. The fourth-order valence-corrected chi connectivity index (χ4v) is 1.32. The van der Waals surface area contributed by atoms with Gasteiger partial charge in [0.2, 0.25) is 0 Å². The minimum Gasteiger partial charge on any atom is -0.192 e. The van der Waals surface area contributed by atoms with Gasteiger partial charge in [-0.3, -0.25) is 0 Å². The Morgan fingerprint density at radius 2 is 2.27 bits per heavy atom. The molecule has 56 valence electrons. The largest absolute Gasteiger partial charge is 0.192 e. The Kier molecular flexibility index (Phi) is 2.56. The second-order valence-electron chi connectivity index (χ2n) is 2.28. The molecule has 0 heterocycles. The SMILES string of the molecule is CCc1cccc(C#N)c1S. The molecule has 0 amide bonds. The van der Waals surface area contributed by atoms with Crippen LogP contribution in [0.3, 0.4) is 0 Å². The Bertz CT molecular complexity index is 299. The van der Waals surface area contributed by atoms with Crippen molar-refractivity contribution in [1.29, 1.82) is 5.26 Å². The Balaban J connectivity index is 3.23. The predicted octanol–water partition coefficient (Wildman–Crippen LogP) is 2.41. The monoisotopic (exact) mass is 163 g/mol. The summed E-state index contributed by atoms with van der Waals surface area (Å²) >= 11 is 4.25. The summed E-state index contributed by atoms with van der Waals surface area (Å²) in [7, 11) is 0. The molecular weight excluding hydrogens is 154 g/mol. The zero-order chi connectivity index (χ0) is 8.27. The van der Waals surface area contributed by atoms with Gasteiger partial charge >= 0.3 is 0 Å². The minimum absolute atomic E-state index is 0.660. The molecule has 1 rings (SSSR count). The molecule has 0 aliphatic carbocycles. The third-order valence-corrected chi connectivity index (χ3v) is 2.15. The van der Waals surface area contributed by atoms with Gasteiger partial charge in [0.25, 0.3) is 0 Å². The summed E-state index contributed by atoms with van der Waals surface area (Å²) in [4.78, 5) is 0.817.